The molecule has 0 fully saturated rings. The summed E-state index contributed by atoms with van der Waals surface area (Å²) in [6.07, 6.45) is 3.39. The number of hydrogen-bond acceptors (Lipinski definition) is 2. The lowest BCUT2D eigenvalue weighted by Gasteiger charge is -2.25. The summed E-state index contributed by atoms with van der Waals surface area (Å²) in [5.41, 5.74) is 2.79. The Morgan fingerprint density at radius 3 is 2.57 bits per heavy atom. The van der Waals surface area contributed by atoms with Gasteiger partial charge in [0.15, 0.2) is 0 Å². The van der Waals surface area contributed by atoms with Crippen molar-refractivity contribution in [3.8, 4) is 5.75 Å². The summed E-state index contributed by atoms with van der Waals surface area (Å²) in [4.78, 5) is 2.46. The van der Waals surface area contributed by atoms with Gasteiger partial charge in [-0.2, -0.15) is 0 Å². The average Bonchev–Trinajstić information content (AvgIpc) is 2.57. The Hall–Kier alpha value is -1.07. The fourth-order valence-electron chi connectivity index (χ4n) is 2.71. The maximum Gasteiger partial charge on any atom is 0.119 e. The number of nitrogens with zero attached hydrogens (tertiary/aromatic N) is 1. The van der Waals surface area contributed by atoms with Crippen molar-refractivity contribution in [2.75, 3.05) is 20.7 Å². The van der Waals surface area contributed by atoms with E-state index in [-0.39, 0.29) is 0 Å². The molecule has 0 heterocycles. The molecule has 0 saturated carbocycles. The summed E-state index contributed by atoms with van der Waals surface area (Å²) in [5.74, 6) is 0.944. The molecular weight excluding hydrogens is 397 g/mol. The highest BCUT2D eigenvalue weighted by Crippen LogP contribution is 2.21. The van der Waals surface area contributed by atoms with Crippen LogP contribution in [-0.4, -0.2) is 31.6 Å². The molecule has 0 aliphatic rings. The van der Waals surface area contributed by atoms with E-state index in [4.69, 9.17) is 4.74 Å². The maximum atomic E-state index is 5.35. The highest BCUT2D eigenvalue weighted by atomic mass is 127. The van der Waals surface area contributed by atoms with Gasteiger partial charge in [0.1, 0.15) is 5.75 Å². The molecule has 0 unspecified atom stereocenters. The van der Waals surface area contributed by atoms with Crippen LogP contribution in [0.1, 0.15) is 24.5 Å². The Morgan fingerprint density at radius 1 is 1.13 bits per heavy atom. The van der Waals surface area contributed by atoms with Gasteiger partial charge in [-0.25, -0.2) is 0 Å². The quantitative estimate of drug-likeness (QED) is 0.566. The zero-order chi connectivity index (χ0) is 16.7. The first kappa shape index (κ1) is 18.3. The molecule has 2 aromatic rings. The van der Waals surface area contributed by atoms with Crippen molar-refractivity contribution < 1.29 is 4.74 Å². The normalized spacial score (nSPS) is 12.4. The summed E-state index contributed by atoms with van der Waals surface area (Å²) in [6.45, 7) is 3.43. The van der Waals surface area contributed by atoms with E-state index in [0.29, 0.717) is 6.04 Å². The molecule has 2 nitrogen and oxygen atoms in total. The molecule has 0 radical (unpaired) electrons. The Morgan fingerprint density at radius 2 is 1.87 bits per heavy atom. The molecule has 23 heavy (non-hydrogen) atoms. The predicted molar refractivity (Wildman–Crippen MR) is 106 cm³/mol. The summed E-state index contributed by atoms with van der Waals surface area (Å²) in [7, 11) is 3.95. The lowest BCUT2D eigenvalue weighted by Crippen LogP contribution is -2.32. The van der Waals surface area contributed by atoms with Crippen LogP contribution in [0.3, 0.4) is 0 Å². The largest absolute Gasteiger partial charge is 0.497 e. The molecule has 0 aliphatic carbocycles. The lowest BCUT2D eigenvalue weighted by molar-refractivity contribution is 0.253. The van der Waals surface area contributed by atoms with Gasteiger partial charge in [0.05, 0.1) is 7.11 Å². The number of halogens is 1. The van der Waals surface area contributed by atoms with E-state index in [1.807, 2.05) is 6.07 Å². The molecule has 0 aliphatic heterocycles. The topological polar surface area (TPSA) is 12.5 Å². The van der Waals surface area contributed by atoms with Crippen LogP contribution in [0.2, 0.25) is 0 Å². The van der Waals surface area contributed by atoms with Crippen LogP contribution in [0, 0.1) is 3.57 Å². The minimum absolute atomic E-state index is 0.520. The van der Waals surface area contributed by atoms with Crippen LogP contribution in [0.25, 0.3) is 0 Å². The fourth-order valence-corrected chi connectivity index (χ4v) is 3.26. The lowest BCUT2D eigenvalue weighted by atomic mass is 10.0. The van der Waals surface area contributed by atoms with E-state index in [0.717, 1.165) is 25.1 Å². The third-order valence-electron chi connectivity index (χ3n) is 4.34. The highest BCUT2D eigenvalue weighted by molar-refractivity contribution is 14.1. The van der Waals surface area contributed by atoms with Crippen LogP contribution in [0.4, 0.5) is 0 Å². The smallest absolute Gasteiger partial charge is 0.119 e. The second kappa shape index (κ2) is 9.28. The zero-order valence-electron chi connectivity index (χ0n) is 14.3. The van der Waals surface area contributed by atoms with Crippen molar-refractivity contribution in [1.29, 1.82) is 0 Å². The highest BCUT2D eigenvalue weighted by Gasteiger charge is 2.12. The molecule has 2 aromatic carbocycles. The molecule has 3 heteroatoms. The number of hydrogen-bond donors (Lipinski definition) is 0. The minimum atomic E-state index is 0.520. The molecule has 1 atom stereocenters. The van der Waals surface area contributed by atoms with Gasteiger partial charge in [-0.3, -0.25) is 0 Å². The van der Waals surface area contributed by atoms with Gasteiger partial charge < -0.3 is 9.64 Å². The first-order valence-corrected chi connectivity index (χ1v) is 9.24. The van der Waals surface area contributed by atoms with E-state index in [9.17, 15) is 0 Å². The minimum Gasteiger partial charge on any atom is -0.497 e. The molecule has 2 rings (SSSR count). The van der Waals surface area contributed by atoms with Crippen molar-refractivity contribution in [3.05, 3.63) is 63.2 Å². The molecule has 0 aromatic heterocycles. The monoisotopic (exact) mass is 423 g/mol. The van der Waals surface area contributed by atoms with Gasteiger partial charge in [-0.1, -0.05) is 30.3 Å². The summed E-state index contributed by atoms with van der Waals surface area (Å²) in [6, 6.07) is 17.6. The van der Waals surface area contributed by atoms with Crippen LogP contribution in [0.15, 0.2) is 48.5 Å². The van der Waals surface area contributed by atoms with Crippen LogP contribution >= 0.6 is 22.6 Å². The van der Waals surface area contributed by atoms with Gasteiger partial charge in [0.2, 0.25) is 0 Å². The number of likely N-dealkylation sites (N-methyl/N-ethyl adjacent to an activating group) is 1. The van der Waals surface area contributed by atoms with Gasteiger partial charge >= 0.3 is 0 Å². The van der Waals surface area contributed by atoms with Gasteiger partial charge in [0.25, 0.3) is 0 Å². The number of aryl methyl sites for hydroxylation is 1. The number of rotatable bonds is 8. The van der Waals surface area contributed by atoms with Crippen LogP contribution in [-0.2, 0) is 12.8 Å². The summed E-state index contributed by atoms with van der Waals surface area (Å²) in [5, 5.41) is 0. The molecule has 124 valence electrons. The Bertz CT molecular complexity index is 600. The number of benzene rings is 2. The van der Waals surface area contributed by atoms with E-state index in [1.165, 1.54) is 21.1 Å². The van der Waals surface area contributed by atoms with Gasteiger partial charge in [-0.05, 0) is 91.7 Å². The number of ether oxygens (including phenoxy) is 1. The Kier molecular flexibility index (Phi) is 7.37. The first-order valence-electron chi connectivity index (χ1n) is 8.16. The first-order chi connectivity index (χ1) is 11.1. The van der Waals surface area contributed by atoms with Crippen molar-refractivity contribution in [1.82, 2.24) is 4.90 Å². The third kappa shape index (κ3) is 5.81. The molecule has 0 saturated heterocycles. The van der Waals surface area contributed by atoms with E-state index < -0.39 is 0 Å². The van der Waals surface area contributed by atoms with Gasteiger partial charge in [-0.15, -0.1) is 0 Å². The molecule has 0 amide bonds. The maximum absolute atomic E-state index is 5.35. The van der Waals surface area contributed by atoms with E-state index in [1.54, 1.807) is 7.11 Å². The average molecular weight is 423 g/mol. The SMILES string of the molecule is COc1ccc(I)c(C[C@@H](C)N(C)CCCc2ccccc2)c1. The van der Waals surface area contributed by atoms with Crippen molar-refractivity contribution >= 4 is 22.6 Å². The molecule has 0 spiro atoms. The summed E-state index contributed by atoms with van der Waals surface area (Å²) < 4.78 is 6.66. The fraction of sp³-hybridized carbons (Fsp3) is 0.400. The third-order valence-corrected chi connectivity index (χ3v) is 5.39. The van der Waals surface area contributed by atoms with Crippen molar-refractivity contribution in [2.24, 2.45) is 0 Å². The Labute approximate surface area is 154 Å². The predicted octanol–water partition coefficient (Wildman–Crippen LogP) is 4.80. The van der Waals surface area contributed by atoms with Crippen molar-refractivity contribution in [2.45, 2.75) is 32.2 Å². The van der Waals surface area contributed by atoms with Crippen LogP contribution in [0.5, 0.6) is 5.75 Å². The zero-order valence-corrected chi connectivity index (χ0v) is 16.4. The molecule has 0 bridgehead atoms. The van der Waals surface area contributed by atoms with Crippen molar-refractivity contribution in [3.63, 3.8) is 0 Å². The summed E-state index contributed by atoms with van der Waals surface area (Å²) >= 11 is 2.41. The Balaban J connectivity index is 1.84. The van der Waals surface area contributed by atoms with E-state index >= 15 is 0 Å². The second-order valence-electron chi connectivity index (χ2n) is 6.08. The van der Waals surface area contributed by atoms with Gasteiger partial charge in [0, 0.05) is 9.61 Å². The second-order valence-corrected chi connectivity index (χ2v) is 7.24. The molecular formula is C20H26INO. The molecule has 0 N–H and O–H groups in total. The standard InChI is InChI=1S/C20H26INO/c1-16(14-18-15-19(23-3)11-12-20(18)21)22(2)13-7-10-17-8-5-4-6-9-17/h4-6,8-9,11-12,15-16H,7,10,13-14H2,1-3H3/t16-/m1/s1. The number of methoxy groups -OCH3 is 1. The van der Waals surface area contributed by atoms with Crippen LogP contribution < -0.4 is 4.74 Å². The van der Waals surface area contributed by atoms with E-state index in [2.05, 4.69) is 83.9 Å².